The summed E-state index contributed by atoms with van der Waals surface area (Å²) in [5.74, 6) is 0. The van der Waals surface area contributed by atoms with Crippen LogP contribution in [0, 0.1) is 0 Å². The largest absolute Gasteiger partial charge is 0.391 e. The van der Waals surface area contributed by atoms with E-state index in [2.05, 4.69) is 14.9 Å². The fourth-order valence-electron chi connectivity index (χ4n) is 2.61. The number of methoxy groups -OCH3 is 1. The van der Waals surface area contributed by atoms with Crippen LogP contribution in [-0.2, 0) is 4.74 Å². The number of alkyl halides is 1. The Balaban J connectivity index is 2.14. The lowest BCUT2D eigenvalue weighted by molar-refractivity contribution is 0.0722. The van der Waals surface area contributed by atoms with Gasteiger partial charge >= 0.3 is 0 Å². The second-order valence-corrected chi connectivity index (χ2v) is 5.06. The van der Waals surface area contributed by atoms with E-state index in [1.165, 1.54) is 7.11 Å². The number of azide groups is 1. The summed E-state index contributed by atoms with van der Waals surface area (Å²) in [4.78, 5) is 4.75. The second-order valence-electron chi connectivity index (χ2n) is 5.06. The van der Waals surface area contributed by atoms with Gasteiger partial charge in [0.05, 0.1) is 18.2 Å². The van der Waals surface area contributed by atoms with Gasteiger partial charge in [0, 0.05) is 30.8 Å². The number of halogens is 1. The van der Waals surface area contributed by atoms with Crippen LogP contribution >= 0.6 is 0 Å². The fourth-order valence-corrected chi connectivity index (χ4v) is 2.61. The fraction of sp³-hybridized carbons (Fsp3) is 0.571. The summed E-state index contributed by atoms with van der Waals surface area (Å²) in [6, 6.07) is 6.61. The minimum atomic E-state index is -0.876. The van der Waals surface area contributed by atoms with Crippen molar-refractivity contribution in [2.75, 3.05) is 31.8 Å². The highest BCUT2D eigenvalue weighted by molar-refractivity contribution is 5.49. The third kappa shape index (κ3) is 3.64. The second kappa shape index (κ2) is 7.26. The molecule has 1 aliphatic rings. The van der Waals surface area contributed by atoms with Crippen LogP contribution in [-0.4, -0.2) is 44.1 Å². The molecule has 3 atom stereocenters. The monoisotopic (exact) mass is 294 g/mol. The predicted octanol–water partition coefficient (Wildman–Crippen LogP) is 2.59. The number of hydrogen-bond donors (Lipinski definition) is 1. The van der Waals surface area contributed by atoms with E-state index < -0.39 is 18.8 Å². The molecule has 1 aromatic rings. The first-order valence-corrected chi connectivity index (χ1v) is 6.85. The van der Waals surface area contributed by atoms with E-state index in [0.717, 1.165) is 24.2 Å². The number of hydrogen-bond acceptors (Lipinski definition) is 4. The smallest absolute Gasteiger partial charge is 0.101 e. The van der Waals surface area contributed by atoms with Gasteiger partial charge in [-0.15, -0.1) is 0 Å². The molecule has 1 unspecified atom stereocenters. The van der Waals surface area contributed by atoms with Gasteiger partial charge < -0.3 is 14.7 Å². The first kappa shape index (κ1) is 15.6. The number of nitrogens with zero attached hydrogens (tertiary/aromatic N) is 4. The van der Waals surface area contributed by atoms with Gasteiger partial charge in [-0.2, -0.15) is 0 Å². The number of benzene rings is 1. The molecule has 1 aromatic carbocycles. The lowest BCUT2D eigenvalue weighted by Crippen LogP contribution is -2.22. The van der Waals surface area contributed by atoms with Crippen LogP contribution in [0.5, 0.6) is 0 Å². The van der Waals surface area contributed by atoms with E-state index >= 15 is 0 Å². The molecule has 0 bridgehead atoms. The van der Waals surface area contributed by atoms with E-state index in [4.69, 9.17) is 10.3 Å². The molecule has 0 aromatic heterocycles. The zero-order chi connectivity index (χ0) is 15.2. The first-order chi connectivity index (χ1) is 10.2. The quantitative estimate of drug-likeness (QED) is 0.497. The zero-order valence-corrected chi connectivity index (χ0v) is 11.9. The summed E-state index contributed by atoms with van der Waals surface area (Å²) in [6.07, 6.45) is -0.120. The molecular weight excluding hydrogens is 275 g/mol. The van der Waals surface area contributed by atoms with Crippen LogP contribution in [0.2, 0.25) is 0 Å². The predicted molar refractivity (Wildman–Crippen MR) is 77.9 cm³/mol. The maximum atomic E-state index is 13.0. The minimum Gasteiger partial charge on any atom is -0.391 e. The summed E-state index contributed by atoms with van der Waals surface area (Å²) < 4.78 is 18.2. The van der Waals surface area contributed by atoms with E-state index in [1.807, 2.05) is 24.3 Å². The molecule has 1 saturated heterocycles. The van der Waals surface area contributed by atoms with Crippen molar-refractivity contribution in [3.05, 3.63) is 40.3 Å². The Labute approximate surface area is 122 Å². The van der Waals surface area contributed by atoms with Crippen LogP contribution in [0.4, 0.5) is 10.1 Å². The normalized spacial score (nSPS) is 20.9. The lowest BCUT2D eigenvalue weighted by Gasteiger charge is -2.22. The highest BCUT2D eigenvalue weighted by Crippen LogP contribution is 2.27. The Bertz CT molecular complexity index is 504. The van der Waals surface area contributed by atoms with Gasteiger partial charge in [0.1, 0.15) is 6.67 Å². The van der Waals surface area contributed by atoms with E-state index in [0.29, 0.717) is 6.54 Å². The molecule has 1 fully saturated rings. The van der Waals surface area contributed by atoms with E-state index in [9.17, 15) is 9.50 Å². The Morgan fingerprint density at radius 3 is 2.71 bits per heavy atom. The van der Waals surface area contributed by atoms with Crippen molar-refractivity contribution in [2.24, 2.45) is 5.11 Å². The molecule has 2 rings (SSSR count). The standard InChI is InChI=1S/C14H19FN4O2/c1-21-14(13(8-15)17-18-16)10-2-4-11(5-3-10)19-7-6-12(20)9-19/h2-5,12-14,20H,6-9H2,1H3/t12-,13?,14+/m0/s1. The van der Waals surface area contributed by atoms with E-state index in [-0.39, 0.29) is 6.10 Å². The summed E-state index contributed by atoms with van der Waals surface area (Å²) in [5.41, 5.74) is 10.2. The van der Waals surface area contributed by atoms with Crippen LogP contribution in [0.3, 0.4) is 0 Å². The molecular formula is C14H19FN4O2. The molecule has 114 valence electrons. The van der Waals surface area contributed by atoms with Gasteiger partial charge in [-0.25, -0.2) is 0 Å². The average Bonchev–Trinajstić information content (AvgIpc) is 2.94. The van der Waals surface area contributed by atoms with Crippen molar-refractivity contribution in [3.63, 3.8) is 0 Å². The molecule has 0 saturated carbocycles. The molecule has 1 N–H and O–H groups in total. The molecule has 0 spiro atoms. The molecule has 7 heteroatoms. The number of ether oxygens (including phenoxy) is 1. The van der Waals surface area contributed by atoms with Gasteiger partial charge in [-0.3, -0.25) is 4.39 Å². The molecule has 0 radical (unpaired) electrons. The van der Waals surface area contributed by atoms with Crippen molar-refractivity contribution in [1.82, 2.24) is 0 Å². The van der Waals surface area contributed by atoms with Gasteiger partial charge in [-0.1, -0.05) is 17.2 Å². The maximum absolute atomic E-state index is 13.0. The molecule has 0 aliphatic carbocycles. The zero-order valence-electron chi connectivity index (χ0n) is 11.9. The molecule has 1 heterocycles. The van der Waals surface area contributed by atoms with Crippen LogP contribution in [0.1, 0.15) is 18.1 Å². The minimum absolute atomic E-state index is 0.280. The Hall–Kier alpha value is -1.82. The molecule has 6 nitrogen and oxygen atoms in total. The van der Waals surface area contributed by atoms with E-state index in [1.54, 1.807) is 0 Å². The number of anilines is 1. The summed E-state index contributed by atoms with van der Waals surface area (Å²) >= 11 is 0. The number of aliphatic hydroxyl groups excluding tert-OH is 1. The Morgan fingerprint density at radius 2 is 2.24 bits per heavy atom. The summed E-state index contributed by atoms with van der Waals surface area (Å²) in [5, 5.41) is 13.0. The van der Waals surface area contributed by atoms with Gasteiger partial charge in [-0.05, 0) is 29.6 Å². The third-order valence-electron chi connectivity index (χ3n) is 3.71. The van der Waals surface area contributed by atoms with Crippen LogP contribution in [0.15, 0.2) is 29.4 Å². The number of aliphatic hydroxyl groups is 1. The Morgan fingerprint density at radius 1 is 1.52 bits per heavy atom. The van der Waals surface area contributed by atoms with Crippen molar-refractivity contribution >= 4 is 5.69 Å². The van der Waals surface area contributed by atoms with Gasteiger partial charge in [0.25, 0.3) is 0 Å². The summed E-state index contributed by atoms with van der Waals surface area (Å²) in [6.45, 7) is 0.668. The topological polar surface area (TPSA) is 81.5 Å². The van der Waals surface area contributed by atoms with Crippen LogP contribution in [0.25, 0.3) is 10.4 Å². The number of rotatable bonds is 6. The average molecular weight is 294 g/mol. The number of β-amino-alcohol motifs (C(OH)–C–C–N with tert-alkyl or cyclic N) is 1. The van der Waals surface area contributed by atoms with Gasteiger partial charge in [0.15, 0.2) is 0 Å². The van der Waals surface area contributed by atoms with Crippen molar-refractivity contribution < 1.29 is 14.2 Å². The first-order valence-electron chi connectivity index (χ1n) is 6.85. The maximum Gasteiger partial charge on any atom is 0.101 e. The highest BCUT2D eigenvalue weighted by atomic mass is 19.1. The highest BCUT2D eigenvalue weighted by Gasteiger charge is 2.23. The Kier molecular flexibility index (Phi) is 5.38. The van der Waals surface area contributed by atoms with Crippen molar-refractivity contribution in [1.29, 1.82) is 0 Å². The molecule has 1 aliphatic heterocycles. The summed E-state index contributed by atoms with van der Waals surface area (Å²) in [7, 11) is 1.46. The molecule has 0 amide bonds. The van der Waals surface area contributed by atoms with Crippen LogP contribution < -0.4 is 4.90 Å². The third-order valence-corrected chi connectivity index (χ3v) is 3.71. The molecule has 21 heavy (non-hydrogen) atoms. The van der Waals surface area contributed by atoms with Crippen molar-refractivity contribution in [3.8, 4) is 0 Å². The van der Waals surface area contributed by atoms with Crippen molar-refractivity contribution in [2.45, 2.75) is 24.7 Å². The van der Waals surface area contributed by atoms with Gasteiger partial charge in [0.2, 0.25) is 0 Å². The SMILES string of the molecule is CO[C@H](c1ccc(N2CC[C@H](O)C2)cc1)C(CF)N=[N+]=[N-]. The lowest BCUT2D eigenvalue weighted by atomic mass is 10.0.